The van der Waals surface area contributed by atoms with Crippen LogP contribution in [0.3, 0.4) is 0 Å². The molecule has 3 N–H and O–H groups in total. The van der Waals surface area contributed by atoms with Crippen LogP contribution in [-0.2, 0) is 4.79 Å². The standard InChI is InChI=1S/C10H14N2O/c1-7-3-5-8(6-4-7)9(11)10(13)12-2/h3-6,9H,11H2,1-2H3,(H,12,13). The van der Waals surface area contributed by atoms with Crippen molar-refractivity contribution in [2.24, 2.45) is 5.73 Å². The number of rotatable bonds is 2. The highest BCUT2D eigenvalue weighted by Crippen LogP contribution is 2.10. The summed E-state index contributed by atoms with van der Waals surface area (Å²) in [6, 6.07) is 7.06. The molecule has 1 aromatic carbocycles. The van der Waals surface area contributed by atoms with Crippen LogP contribution < -0.4 is 11.1 Å². The normalized spacial score (nSPS) is 12.2. The van der Waals surface area contributed by atoms with Crippen LogP contribution in [0.15, 0.2) is 24.3 Å². The molecule has 1 aromatic rings. The molecular formula is C10H14N2O. The van der Waals surface area contributed by atoms with Crippen molar-refractivity contribution >= 4 is 5.91 Å². The molecule has 1 rings (SSSR count). The third kappa shape index (κ3) is 2.29. The summed E-state index contributed by atoms with van der Waals surface area (Å²) in [6.45, 7) is 2.00. The molecule has 0 spiro atoms. The fraction of sp³-hybridized carbons (Fsp3) is 0.300. The monoisotopic (exact) mass is 178 g/mol. The van der Waals surface area contributed by atoms with E-state index in [2.05, 4.69) is 5.32 Å². The lowest BCUT2D eigenvalue weighted by Crippen LogP contribution is -2.31. The van der Waals surface area contributed by atoms with E-state index in [4.69, 9.17) is 5.73 Å². The molecule has 0 radical (unpaired) electrons. The van der Waals surface area contributed by atoms with Gasteiger partial charge in [-0.15, -0.1) is 0 Å². The maximum Gasteiger partial charge on any atom is 0.241 e. The van der Waals surface area contributed by atoms with Crippen molar-refractivity contribution in [1.29, 1.82) is 0 Å². The fourth-order valence-corrected chi connectivity index (χ4v) is 1.08. The van der Waals surface area contributed by atoms with Crippen LogP contribution in [0, 0.1) is 6.92 Å². The first-order valence-electron chi connectivity index (χ1n) is 4.19. The number of hydrogen-bond donors (Lipinski definition) is 2. The van der Waals surface area contributed by atoms with Crippen LogP contribution in [0.5, 0.6) is 0 Å². The lowest BCUT2D eigenvalue weighted by atomic mass is 10.1. The van der Waals surface area contributed by atoms with Crippen molar-refractivity contribution in [2.45, 2.75) is 13.0 Å². The maximum absolute atomic E-state index is 11.2. The fourth-order valence-electron chi connectivity index (χ4n) is 1.08. The predicted molar refractivity (Wildman–Crippen MR) is 52.2 cm³/mol. The Morgan fingerprint density at radius 2 is 1.92 bits per heavy atom. The summed E-state index contributed by atoms with van der Waals surface area (Å²) in [4.78, 5) is 11.2. The number of carbonyl (C=O) groups is 1. The summed E-state index contributed by atoms with van der Waals surface area (Å²) < 4.78 is 0. The van der Waals surface area contributed by atoms with Crippen molar-refractivity contribution in [3.05, 3.63) is 35.4 Å². The number of nitrogens with one attached hydrogen (secondary N) is 1. The molecule has 0 bridgehead atoms. The zero-order valence-electron chi connectivity index (χ0n) is 7.87. The number of benzene rings is 1. The lowest BCUT2D eigenvalue weighted by Gasteiger charge is -2.09. The Balaban J connectivity index is 2.83. The minimum atomic E-state index is -0.564. The van der Waals surface area contributed by atoms with E-state index in [1.165, 1.54) is 0 Å². The van der Waals surface area contributed by atoms with Gasteiger partial charge in [-0.2, -0.15) is 0 Å². The first-order valence-corrected chi connectivity index (χ1v) is 4.19. The smallest absolute Gasteiger partial charge is 0.241 e. The van der Waals surface area contributed by atoms with Gasteiger partial charge >= 0.3 is 0 Å². The van der Waals surface area contributed by atoms with Crippen LogP contribution in [0.25, 0.3) is 0 Å². The van der Waals surface area contributed by atoms with Crippen molar-refractivity contribution in [1.82, 2.24) is 5.32 Å². The van der Waals surface area contributed by atoms with E-state index in [1.807, 2.05) is 31.2 Å². The molecule has 1 unspecified atom stereocenters. The number of nitrogens with two attached hydrogens (primary N) is 1. The third-order valence-electron chi connectivity index (χ3n) is 1.97. The van der Waals surface area contributed by atoms with Gasteiger partial charge < -0.3 is 11.1 Å². The average Bonchev–Trinajstić information content (AvgIpc) is 2.17. The number of hydrogen-bond acceptors (Lipinski definition) is 2. The molecular weight excluding hydrogens is 164 g/mol. The number of aryl methyl sites for hydroxylation is 1. The molecule has 70 valence electrons. The molecule has 0 aliphatic heterocycles. The largest absolute Gasteiger partial charge is 0.358 e. The van der Waals surface area contributed by atoms with E-state index in [1.54, 1.807) is 7.05 Å². The summed E-state index contributed by atoms with van der Waals surface area (Å²) in [6.07, 6.45) is 0. The molecule has 1 atom stereocenters. The van der Waals surface area contributed by atoms with Crippen molar-refractivity contribution in [3.8, 4) is 0 Å². The zero-order chi connectivity index (χ0) is 9.84. The molecule has 0 saturated carbocycles. The average molecular weight is 178 g/mol. The van der Waals surface area contributed by atoms with E-state index in [0.29, 0.717) is 0 Å². The molecule has 3 nitrogen and oxygen atoms in total. The van der Waals surface area contributed by atoms with E-state index in [0.717, 1.165) is 11.1 Å². The maximum atomic E-state index is 11.2. The Kier molecular flexibility index (Phi) is 3.03. The summed E-state index contributed by atoms with van der Waals surface area (Å²) >= 11 is 0. The van der Waals surface area contributed by atoms with Crippen LogP contribution in [0.2, 0.25) is 0 Å². The minimum absolute atomic E-state index is 0.163. The molecule has 0 saturated heterocycles. The molecule has 0 aliphatic carbocycles. The second-order valence-corrected chi connectivity index (χ2v) is 3.00. The zero-order valence-corrected chi connectivity index (χ0v) is 7.87. The highest BCUT2D eigenvalue weighted by molar-refractivity contribution is 5.82. The van der Waals surface area contributed by atoms with Gasteiger partial charge in [0.25, 0.3) is 0 Å². The predicted octanol–water partition coefficient (Wildman–Crippen LogP) is 0.741. The van der Waals surface area contributed by atoms with Gasteiger partial charge in [0.05, 0.1) is 0 Å². The number of amides is 1. The topological polar surface area (TPSA) is 55.1 Å². The van der Waals surface area contributed by atoms with Crippen LogP contribution >= 0.6 is 0 Å². The van der Waals surface area contributed by atoms with E-state index in [9.17, 15) is 4.79 Å². The van der Waals surface area contributed by atoms with Gasteiger partial charge in [-0.05, 0) is 12.5 Å². The van der Waals surface area contributed by atoms with Gasteiger partial charge in [-0.25, -0.2) is 0 Å². The summed E-state index contributed by atoms with van der Waals surface area (Å²) in [5, 5.41) is 2.51. The van der Waals surface area contributed by atoms with E-state index >= 15 is 0 Å². The summed E-state index contributed by atoms with van der Waals surface area (Å²) in [7, 11) is 1.58. The van der Waals surface area contributed by atoms with Gasteiger partial charge in [-0.1, -0.05) is 29.8 Å². The van der Waals surface area contributed by atoms with E-state index in [-0.39, 0.29) is 5.91 Å². The summed E-state index contributed by atoms with van der Waals surface area (Å²) in [5.74, 6) is -0.163. The Bertz CT molecular complexity index is 292. The van der Waals surface area contributed by atoms with E-state index < -0.39 is 6.04 Å². The molecule has 0 heterocycles. The van der Waals surface area contributed by atoms with Gasteiger partial charge in [0.2, 0.25) is 5.91 Å². The summed E-state index contributed by atoms with van der Waals surface area (Å²) in [5.41, 5.74) is 7.69. The van der Waals surface area contributed by atoms with Gasteiger partial charge in [0.1, 0.15) is 6.04 Å². The molecule has 0 aliphatic rings. The molecule has 1 amide bonds. The second-order valence-electron chi connectivity index (χ2n) is 3.00. The van der Waals surface area contributed by atoms with Crippen LogP contribution in [0.1, 0.15) is 17.2 Å². The third-order valence-corrected chi connectivity index (χ3v) is 1.97. The Labute approximate surface area is 77.9 Å². The highest BCUT2D eigenvalue weighted by Gasteiger charge is 2.12. The quantitative estimate of drug-likeness (QED) is 0.701. The Morgan fingerprint density at radius 1 is 1.38 bits per heavy atom. The Hall–Kier alpha value is -1.35. The number of likely N-dealkylation sites (N-methyl/N-ethyl adjacent to an activating group) is 1. The molecule has 13 heavy (non-hydrogen) atoms. The lowest BCUT2D eigenvalue weighted by molar-refractivity contribution is -0.121. The first kappa shape index (κ1) is 9.74. The molecule has 0 aromatic heterocycles. The van der Waals surface area contributed by atoms with Gasteiger partial charge in [0, 0.05) is 7.05 Å². The van der Waals surface area contributed by atoms with Crippen molar-refractivity contribution in [2.75, 3.05) is 7.05 Å². The van der Waals surface area contributed by atoms with Crippen LogP contribution in [-0.4, -0.2) is 13.0 Å². The SMILES string of the molecule is CNC(=O)C(N)c1ccc(C)cc1. The molecule has 3 heteroatoms. The molecule has 0 fully saturated rings. The van der Waals surface area contributed by atoms with Crippen LogP contribution in [0.4, 0.5) is 0 Å². The minimum Gasteiger partial charge on any atom is -0.358 e. The Morgan fingerprint density at radius 3 is 2.38 bits per heavy atom. The van der Waals surface area contributed by atoms with Crippen molar-refractivity contribution < 1.29 is 4.79 Å². The van der Waals surface area contributed by atoms with Crippen molar-refractivity contribution in [3.63, 3.8) is 0 Å². The van der Waals surface area contributed by atoms with Gasteiger partial charge in [-0.3, -0.25) is 4.79 Å². The highest BCUT2D eigenvalue weighted by atomic mass is 16.2. The van der Waals surface area contributed by atoms with Gasteiger partial charge in [0.15, 0.2) is 0 Å². The number of carbonyl (C=O) groups excluding carboxylic acids is 1. The first-order chi connectivity index (χ1) is 6.15. The second kappa shape index (κ2) is 4.05.